The monoisotopic (exact) mass is 256 g/mol. The lowest BCUT2D eigenvalue weighted by Gasteiger charge is -2.36. The van der Waals surface area contributed by atoms with Gasteiger partial charge in [-0.25, -0.2) is 0 Å². The zero-order chi connectivity index (χ0) is 12.5. The van der Waals surface area contributed by atoms with Crippen molar-refractivity contribution in [2.24, 2.45) is 0 Å². The summed E-state index contributed by atoms with van der Waals surface area (Å²) >= 11 is 0. The minimum atomic E-state index is -3.47. The van der Waals surface area contributed by atoms with Crippen LogP contribution in [0.4, 0.5) is 0 Å². The van der Waals surface area contributed by atoms with E-state index in [0.717, 1.165) is 5.56 Å². The van der Waals surface area contributed by atoms with E-state index in [4.69, 9.17) is 9.05 Å². The van der Waals surface area contributed by atoms with Crippen molar-refractivity contribution in [3.63, 3.8) is 0 Å². The molecule has 1 aliphatic rings. The van der Waals surface area contributed by atoms with Gasteiger partial charge in [0.2, 0.25) is 0 Å². The molecule has 0 heterocycles. The third kappa shape index (κ3) is 2.06. The van der Waals surface area contributed by atoms with Crippen LogP contribution in [0.3, 0.4) is 0 Å². The second-order valence-corrected chi connectivity index (χ2v) is 6.85. The maximum Gasteiger partial charge on any atom is 0.361 e. The van der Waals surface area contributed by atoms with Crippen LogP contribution in [0.2, 0.25) is 0 Å². The van der Waals surface area contributed by atoms with Crippen LogP contribution in [0.1, 0.15) is 17.5 Å². The van der Waals surface area contributed by atoms with E-state index in [1.165, 1.54) is 19.8 Å². The average Bonchev–Trinajstić information content (AvgIpc) is 2.37. The van der Waals surface area contributed by atoms with E-state index in [1.807, 2.05) is 24.3 Å². The predicted molar refractivity (Wildman–Crippen MR) is 65.0 cm³/mol. The number of hydrogen-bond acceptors (Lipinski definition) is 4. The molecule has 0 spiro atoms. The first-order chi connectivity index (χ1) is 8.04. The van der Waals surface area contributed by atoms with Crippen LogP contribution < -0.4 is 0 Å². The van der Waals surface area contributed by atoms with Gasteiger partial charge < -0.3 is 14.2 Å². The smallest absolute Gasteiger partial charge is 0.361 e. The quantitative estimate of drug-likeness (QED) is 0.843. The Morgan fingerprint density at radius 1 is 1.24 bits per heavy atom. The first kappa shape index (κ1) is 12.8. The van der Waals surface area contributed by atoms with E-state index >= 15 is 0 Å². The zero-order valence-electron chi connectivity index (χ0n) is 10.0. The molecule has 1 aliphatic carbocycles. The lowest BCUT2D eigenvalue weighted by molar-refractivity contribution is 0.0661. The molecule has 0 unspecified atom stereocenters. The third-order valence-corrected chi connectivity index (χ3v) is 5.74. The molecule has 94 valence electrons. The number of rotatable bonds is 3. The summed E-state index contributed by atoms with van der Waals surface area (Å²) in [4.78, 5) is 0. The molecular formula is C12H17O4P. The summed E-state index contributed by atoms with van der Waals surface area (Å²) in [5, 5.41) is 9.11. The maximum atomic E-state index is 12.3. The fourth-order valence-electron chi connectivity index (χ4n) is 2.35. The van der Waals surface area contributed by atoms with E-state index in [9.17, 15) is 9.67 Å². The van der Waals surface area contributed by atoms with Gasteiger partial charge in [-0.15, -0.1) is 0 Å². The Bertz CT molecular complexity index is 452. The van der Waals surface area contributed by atoms with Gasteiger partial charge in [0, 0.05) is 20.6 Å². The normalized spacial score (nSPS) is 24.4. The van der Waals surface area contributed by atoms with Crippen molar-refractivity contribution in [1.82, 2.24) is 0 Å². The Labute approximate surface area is 101 Å². The number of fused-ring (bicyclic) bond motifs is 1. The van der Waals surface area contributed by atoms with Crippen LogP contribution in [-0.2, 0) is 26.5 Å². The molecule has 0 aromatic heterocycles. The van der Waals surface area contributed by atoms with E-state index < -0.39 is 12.9 Å². The Morgan fingerprint density at radius 2 is 1.82 bits per heavy atom. The Morgan fingerprint density at radius 3 is 2.41 bits per heavy atom. The van der Waals surface area contributed by atoms with E-state index in [-0.39, 0.29) is 0 Å². The van der Waals surface area contributed by atoms with Gasteiger partial charge in [-0.2, -0.15) is 0 Å². The molecule has 0 aliphatic heterocycles. The topological polar surface area (TPSA) is 55.8 Å². The van der Waals surface area contributed by atoms with E-state index in [1.54, 1.807) is 0 Å². The van der Waals surface area contributed by atoms with Gasteiger partial charge in [-0.05, 0) is 24.0 Å². The fraction of sp³-hybridized carbons (Fsp3) is 0.500. The van der Waals surface area contributed by atoms with Gasteiger partial charge in [0.05, 0.1) is 0 Å². The second kappa shape index (κ2) is 4.54. The fourth-order valence-corrected chi connectivity index (χ4v) is 3.93. The molecule has 1 aromatic rings. The summed E-state index contributed by atoms with van der Waals surface area (Å²) in [5.41, 5.74) is 2.20. The highest BCUT2D eigenvalue weighted by atomic mass is 31.2. The first-order valence-electron chi connectivity index (χ1n) is 5.55. The molecule has 4 nitrogen and oxygen atoms in total. The van der Waals surface area contributed by atoms with Crippen molar-refractivity contribution in [3.05, 3.63) is 35.4 Å². The second-order valence-electron chi connectivity index (χ2n) is 4.29. The van der Waals surface area contributed by atoms with Crippen LogP contribution >= 0.6 is 7.60 Å². The molecular weight excluding hydrogens is 239 g/mol. The lowest BCUT2D eigenvalue weighted by atomic mass is 9.89. The van der Waals surface area contributed by atoms with Crippen LogP contribution in [0.5, 0.6) is 0 Å². The standard InChI is InChI=1S/C12H17O4P/c1-15-17(14,16-2)12(13)8-7-10-5-3-4-6-11(10)9-12/h3-6,13H,7-9H2,1-2H3/t12-/m1/s1. The number of aryl methyl sites for hydroxylation is 1. The molecule has 0 saturated heterocycles. The molecule has 5 heteroatoms. The SMILES string of the molecule is COP(=O)(OC)[C@]1(O)CCc2ccccc2C1. The highest BCUT2D eigenvalue weighted by Gasteiger charge is 2.50. The summed E-state index contributed by atoms with van der Waals surface area (Å²) in [6.07, 6.45) is 1.38. The Hall–Kier alpha value is -0.670. The molecule has 1 N–H and O–H groups in total. The van der Waals surface area contributed by atoms with Crippen molar-refractivity contribution in [2.45, 2.75) is 24.6 Å². The van der Waals surface area contributed by atoms with Crippen LogP contribution in [0.25, 0.3) is 0 Å². The van der Waals surface area contributed by atoms with Crippen LogP contribution in [0, 0.1) is 0 Å². The summed E-state index contributed by atoms with van der Waals surface area (Å²) in [7, 11) is -0.852. The summed E-state index contributed by atoms with van der Waals surface area (Å²) < 4.78 is 22.2. The zero-order valence-corrected chi connectivity index (χ0v) is 10.9. The molecule has 0 amide bonds. The minimum absolute atomic E-state index is 0.308. The van der Waals surface area contributed by atoms with Crippen molar-refractivity contribution < 1.29 is 18.7 Å². The highest BCUT2D eigenvalue weighted by molar-refractivity contribution is 7.55. The molecule has 2 rings (SSSR count). The van der Waals surface area contributed by atoms with Crippen molar-refractivity contribution in [3.8, 4) is 0 Å². The summed E-state index contributed by atoms with van der Waals surface area (Å²) in [6, 6.07) is 7.85. The molecule has 0 saturated carbocycles. The summed E-state index contributed by atoms with van der Waals surface area (Å²) in [6.45, 7) is 0. The van der Waals surface area contributed by atoms with Gasteiger partial charge in [-0.1, -0.05) is 24.3 Å². The molecule has 17 heavy (non-hydrogen) atoms. The molecule has 0 radical (unpaired) electrons. The van der Waals surface area contributed by atoms with E-state index in [2.05, 4.69) is 0 Å². The maximum absolute atomic E-state index is 12.3. The van der Waals surface area contributed by atoms with Crippen molar-refractivity contribution in [2.75, 3.05) is 14.2 Å². The van der Waals surface area contributed by atoms with E-state index in [0.29, 0.717) is 19.3 Å². The van der Waals surface area contributed by atoms with Gasteiger partial charge >= 0.3 is 7.60 Å². The molecule has 0 fully saturated rings. The third-order valence-electron chi connectivity index (χ3n) is 3.38. The average molecular weight is 256 g/mol. The number of hydrogen-bond donors (Lipinski definition) is 1. The van der Waals surface area contributed by atoms with Crippen LogP contribution in [-0.4, -0.2) is 24.7 Å². The molecule has 0 bridgehead atoms. The minimum Gasteiger partial charge on any atom is -0.377 e. The van der Waals surface area contributed by atoms with Crippen molar-refractivity contribution >= 4 is 7.60 Å². The van der Waals surface area contributed by atoms with Crippen molar-refractivity contribution in [1.29, 1.82) is 0 Å². The van der Waals surface area contributed by atoms with Gasteiger partial charge in [-0.3, -0.25) is 4.57 Å². The van der Waals surface area contributed by atoms with Gasteiger partial charge in [0.15, 0.2) is 5.34 Å². The number of aliphatic hydroxyl groups is 1. The van der Waals surface area contributed by atoms with Gasteiger partial charge in [0.25, 0.3) is 0 Å². The van der Waals surface area contributed by atoms with Gasteiger partial charge in [0.1, 0.15) is 0 Å². The molecule has 1 aromatic carbocycles. The predicted octanol–water partition coefficient (Wildman–Crippen LogP) is 2.35. The van der Waals surface area contributed by atoms with Crippen LogP contribution in [0.15, 0.2) is 24.3 Å². The largest absolute Gasteiger partial charge is 0.377 e. The number of benzene rings is 1. The first-order valence-corrected chi connectivity index (χ1v) is 7.10. The molecule has 1 atom stereocenters. The Balaban J connectivity index is 2.35. The highest BCUT2D eigenvalue weighted by Crippen LogP contribution is 2.61. The lowest BCUT2D eigenvalue weighted by Crippen LogP contribution is -2.36. The Kier molecular flexibility index (Phi) is 3.41. The summed E-state index contributed by atoms with van der Waals surface area (Å²) in [5.74, 6) is 0.